The highest BCUT2D eigenvalue weighted by Crippen LogP contribution is 2.16. The summed E-state index contributed by atoms with van der Waals surface area (Å²) < 4.78 is 2.76. The summed E-state index contributed by atoms with van der Waals surface area (Å²) in [5.74, 6) is 0.0123. The van der Waals surface area contributed by atoms with Gasteiger partial charge in [0.25, 0.3) is 5.56 Å². The molecule has 0 radical (unpaired) electrons. The maximum Gasteiger partial charge on any atom is 0.331 e. The summed E-state index contributed by atoms with van der Waals surface area (Å²) in [5.41, 5.74) is 6.35. The molecule has 2 aromatic rings. The number of aryl methyl sites for hydroxylation is 1. The number of aromatic nitrogens is 2. The Labute approximate surface area is 146 Å². The van der Waals surface area contributed by atoms with Crippen molar-refractivity contribution in [2.75, 3.05) is 5.32 Å². The van der Waals surface area contributed by atoms with Gasteiger partial charge in [0.2, 0.25) is 5.91 Å². The van der Waals surface area contributed by atoms with E-state index in [9.17, 15) is 14.4 Å². The average molecular weight is 346 g/mol. The Morgan fingerprint density at radius 2 is 1.80 bits per heavy atom. The van der Waals surface area contributed by atoms with Crippen LogP contribution < -0.4 is 22.3 Å². The van der Waals surface area contributed by atoms with Crippen LogP contribution in [0.5, 0.6) is 0 Å². The molecule has 3 N–H and O–H groups in total. The molecule has 2 rings (SSSR count). The SMILES string of the molecule is CCn1c(=O)c2cc(NC(=O)CC(N)C(C)C)ccc2n(CC)c1=O. The van der Waals surface area contributed by atoms with Gasteiger partial charge >= 0.3 is 5.69 Å². The lowest BCUT2D eigenvalue weighted by Gasteiger charge is -2.16. The Kier molecular flexibility index (Phi) is 5.79. The topological polar surface area (TPSA) is 99.1 Å². The van der Waals surface area contributed by atoms with Gasteiger partial charge in [-0.2, -0.15) is 0 Å². The molecule has 0 bridgehead atoms. The molecule has 0 aliphatic rings. The van der Waals surface area contributed by atoms with Crippen molar-refractivity contribution in [1.29, 1.82) is 0 Å². The number of nitrogens with one attached hydrogen (secondary N) is 1. The summed E-state index contributed by atoms with van der Waals surface area (Å²) in [6.07, 6.45) is 0.212. The highest BCUT2D eigenvalue weighted by atomic mass is 16.2. The van der Waals surface area contributed by atoms with Gasteiger partial charge in [0.15, 0.2) is 0 Å². The van der Waals surface area contributed by atoms with Gasteiger partial charge in [-0.3, -0.25) is 18.7 Å². The summed E-state index contributed by atoms with van der Waals surface area (Å²) in [7, 11) is 0. The number of amides is 1. The summed E-state index contributed by atoms with van der Waals surface area (Å²) in [6, 6.07) is 4.79. The first-order valence-corrected chi connectivity index (χ1v) is 8.62. The molecule has 0 fully saturated rings. The molecule has 1 aromatic heterocycles. The maximum atomic E-state index is 12.6. The Bertz CT molecular complexity index is 896. The minimum absolute atomic E-state index is 0.194. The van der Waals surface area contributed by atoms with E-state index in [-0.39, 0.29) is 35.5 Å². The van der Waals surface area contributed by atoms with Crippen LogP contribution >= 0.6 is 0 Å². The Balaban J connectivity index is 2.44. The quantitative estimate of drug-likeness (QED) is 0.828. The number of carbonyl (C=O) groups excluding carboxylic acids is 1. The van der Waals surface area contributed by atoms with E-state index >= 15 is 0 Å². The van der Waals surface area contributed by atoms with Crippen molar-refractivity contribution in [3.05, 3.63) is 39.0 Å². The van der Waals surface area contributed by atoms with Crippen molar-refractivity contribution < 1.29 is 4.79 Å². The number of fused-ring (bicyclic) bond motifs is 1. The van der Waals surface area contributed by atoms with Gasteiger partial charge in [0.1, 0.15) is 0 Å². The second-order valence-corrected chi connectivity index (χ2v) is 6.47. The number of hydrogen-bond acceptors (Lipinski definition) is 4. The largest absolute Gasteiger partial charge is 0.331 e. The third kappa shape index (κ3) is 3.82. The van der Waals surface area contributed by atoms with E-state index in [1.807, 2.05) is 20.8 Å². The fourth-order valence-electron chi connectivity index (χ4n) is 2.75. The smallest absolute Gasteiger partial charge is 0.327 e. The molecule has 0 spiro atoms. The minimum Gasteiger partial charge on any atom is -0.327 e. The number of rotatable bonds is 6. The highest BCUT2D eigenvalue weighted by molar-refractivity contribution is 5.93. The molecular formula is C18H26N4O3. The van der Waals surface area contributed by atoms with Crippen LogP contribution in [0.15, 0.2) is 27.8 Å². The van der Waals surface area contributed by atoms with E-state index in [1.54, 1.807) is 29.7 Å². The first-order chi connectivity index (χ1) is 11.8. The van der Waals surface area contributed by atoms with Crippen LogP contribution in [0.4, 0.5) is 5.69 Å². The summed E-state index contributed by atoms with van der Waals surface area (Å²) >= 11 is 0. The lowest BCUT2D eigenvalue weighted by Crippen LogP contribution is -2.39. The van der Waals surface area contributed by atoms with Gasteiger partial charge in [0.05, 0.1) is 10.9 Å². The van der Waals surface area contributed by atoms with Crippen molar-refractivity contribution >= 4 is 22.5 Å². The number of carbonyl (C=O) groups is 1. The van der Waals surface area contributed by atoms with Crippen LogP contribution in [0.25, 0.3) is 10.9 Å². The van der Waals surface area contributed by atoms with Gasteiger partial charge in [-0.1, -0.05) is 13.8 Å². The van der Waals surface area contributed by atoms with Gasteiger partial charge in [0, 0.05) is 31.2 Å². The summed E-state index contributed by atoms with van der Waals surface area (Å²) in [4.78, 5) is 37.0. The van der Waals surface area contributed by atoms with E-state index in [0.717, 1.165) is 0 Å². The molecule has 0 saturated heterocycles. The lowest BCUT2D eigenvalue weighted by atomic mass is 10.0. The molecule has 1 unspecified atom stereocenters. The number of benzene rings is 1. The van der Waals surface area contributed by atoms with E-state index in [0.29, 0.717) is 29.7 Å². The fraction of sp³-hybridized carbons (Fsp3) is 0.500. The zero-order valence-corrected chi connectivity index (χ0v) is 15.2. The van der Waals surface area contributed by atoms with Crippen LogP contribution in [-0.2, 0) is 17.9 Å². The summed E-state index contributed by atoms with van der Waals surface area (Å²) in [6.45, 7) is 8.30. The molecule has 7 nitrogen and oxygen atoms in total. The van der Waals surface area contributed by atoms with Crippen LogP contribution in [0.1, 0.15) is 34.1 Å². The number of nitrogens with zero attached hydrogens (tertiary/aromatic N) is 2. The third-order valence-electron chi connectivity index (χ3n) is 4.42. The highest BCUT2D eigenvalue weighted by Gasteiger charge is 2.15. The van der Waals surface area contributed by atoms with E-state index in [4.69, 9.17) is 5.73 Å². The number of nitrogens with two attached hydrogens (primary N) is 1. The first-order valence-electron chi connectivity index (χ1n) is 8.62. The monoisotopic (exact) mass is 346 g/mol. The summed E-state index contributed by atoms with van der Waals surface area (Å²) in [5, 5.41) is 3.19. The van der Waals surface area contributed by atoms with Crippen molar-refractivity contribution in [3.8, 4) is 0 Å². The zero-order valence-electron chi connectivity index (χ0n) is 15.2. The van der Waals surface area contributed by atoms with Crippen LogP contribution in [0.2, 0.25) is 0 Å². The molecule has 1 heterocycles. The van der Waals surface area contributed by atoms with Gasteiger partial charge in [-0.15, -0.1) is 0 Å². The molecule has 0 aliphatic heterocycles. The minimum atomic E-state index is -0.345. The molecule has 0 saturated carbocycles. The van der Waals surface area contributed by atoms with E-state index in [2.05, 4.69) is 5.32 Å². The number of hydrogen-bond donors (Lipinski definition) is 2. The Morgan fingerprint density at radius 1 is 1.16 bits per heavy atom. The lowest BCUT2D eigenvalue weighted by molar-refractivity contribution is -0.116. The molecule has 0 aliphatic carbocycles. The molecule has 7 heteroatoms. The predicted molar refractivity (Wildman–Crippen MR) is 99.9 cm³/mol. The van der Waals surface area contributed by atoms with Gasteiger partial charge in [-0.05, 0) is 38.0 Å². The molecule has 1 aromatic carbocycles. The molecule has 1 atom stereocenters. The standard InChI is InChI=1S/C18H26N4O3/c1-5-21-15-8-7-12(20-16(23)10-14(19)11(3)4)9-13(15)17(24)22(6-2)18(21)25/h7-9,11,14H,5-6,10,19H2,1-4H3,(H,20,23). The molecular weight excluding hydrogens is 320 g/mol. The Hall–Kier alpha value is -2.41. The molecule has 136 valence electrons. The Morgan fingerprint density at radius 3 is 2.36 bits per heavy atom. The first kappa shape index (κ1) is 18.9. The van der Waals surface area contributed by atoms with Crippen LogP contribution in [0.3, 0.4) is 0 Å². The van der Waals surface area contributed by atoms with Crippen molar-refractivity contribution in [3.63, 3.8) is 0 Å². The molecule has 25 heavy (non-hydrogen) atoms. The molecule has 1 amide bonds. The third-order valence-corrected chi connectivity index (χ3v) is 4.42. The number of anilines is 1. The normalized spacial score (nSPS) is 12.6. The van der Waals surface area contributed by atoms with Gasteiger partial charge < -0.3 is 11.1 Å². The zero-order chi connectivity index (χ0) is 18.7. The predicted octanol–water partition coefficient (Wildman–Crippen LogP) is 1.51. The second kappa shape index (κ2) is 7.65. The average Bonchev–Trinajstić information content (AvgIpc) is 2.56. The maximum absolute atomic E-state index is 12.6. The van der Waals surface area contributed by atoms with E-state index < -0.39 is 0 Å². The van der Waals surface area contributed by atoms with E-state index in [1.165, 1.54) is 4.57 Å². The van der Waals surface area contributed by atoms with Gasteiger partial charge in [-0.25, -0.2) is 4.79 Å². The van der Waals surface area contributed by atoms with Crippen molar-refractivity contribution in [1.82, 2.24) is 9.13 Å². The van der Waals surface area contributed by atoms with Crippen molar-refractivity contribution in [2.45, 2.75) is 53.2 Å². The fourth-order valence-corrected chi connectivity index (χ4v) is 2.75. The van der Waals surface area contributed by atoms with Crippen LogP contribution in [-0.4, -0.2) is 21.1 Å². The van der Waals surface area contributed by atoms with Crippen molar-refractivity contribution in [2.24, 2.45) is 11.7 Å². The van der Waals surface area contributed by atoms with Crippen LogP contribution in [0, 0.1) is 5.92 Å². The second-order valence-electron chi connectivity index (χ2n) is 6.47.